The minimum atomic E-state index is -0.312. The second kappa shape index (κ2) is 2.19. The molecular formula is C8H15NO2. The molecule has 1 aliphatic carbocycles. The highest BCUT2D eigenvalue weighted by Crippen LogP contribution is 2.58. The zero-order valence-electron chi connectivity index (χ0n) is 6.68. The Labute approximate surface area is 66.5 Å². The number of rotatable bonds is 1. The van der Waals surface area contributed by atoms with E-state index in [1.807, 2.05) is 0 Å². The molecule has 64 valence electrons. The number of aliphatic hydroxyl groups is 1. The first-order valence-electron chi connectivity index (χ1n) is 4.20. The highest BCUT2D eigenvalue weighted by Gasteiger charge is 2.64. The molecule has 1 saturated carbocycles. The Bertz CT molecular complexity index is 160. The first-order chi connectivity index (χ1) is 5.22. The Balaban J connectivity index is 2.03. The number of nitrogens with two attached hydrogens (primary N) is 1. The largest absolute Gasteiger partial charge is 0.394 e. The quantitative estimate of drug-likeness (QED) is 0.558. The lowest BCUT2D eigenvalue weighted by Crippen LogP contribution is -2.38. The molecule has 1 heterocycles. The average molecular weight is 157 g/mol. The third-order valence-electron chi connectivity index (χ3n) is 3.19. The van der Waals surface area contributed by atoms with Crippen LogP contribution in [0.15, 0.2) is 0 Å². The summed E-state index contributed by atoms with van der Waals surface area (Å²) in [4.78, 5) is 0. The first-order valence-corrected chi connectivity index (χ1v) is 4.20. The van der Waals surface area contributed by atoms with Crippen LogP contribution < -0.4 is 5.73 Å². The van der Waals surface area contributed by atoms with Gasteiger partial charge < -0.3 is 15.6 Å². The summed E-state index contributed by atoms with van der Waals surface area (Å²) in [5.41, 5.74) is 5.75. The van der Waals surface area contributed by atoms with E-state index in [1.165, 1.54) is 0 Å². The van der Waals surface area contributed by atoms with Gasteiger partial charge in [0, 0.05) is 17.6 Å². The predicted octanol–water partition coefficient (Wildman–Crippen LogP) is -0.123. The Kier molecular flexibility index (Phi) is 1.50. The van der Waals surface area contributed by atoms with Crippen molar-refractivity contribution in [2.24, 2.45) is 11.1 Å². The van der Waals surface area contributed by atoms with E-state index in [4.69, 9.17) is 15.6 Å². The highest BCUT2D eigenvalue weighted by atomic mass is 16.5. The lowest BCUT2D eigenvalue weighted by atomic mass is 9.94. The third kappa shape index (κ3) is 0.916. The molecule has 3 nitrogen and oxygen atoms in total. The zero-order valence-corrected chi connectivity index (χ0v) is 6.68. The van der Waals surface area contributed by atoms with Crippen LogP contribution in [0, 0.1) is 5.41 Å². The molecule has 2 fully saturated rings. The maximum absolute atomic E-state index is 9.00. The monoisotopic (exact) mass is 157 g/mol. The molecule has 0 aromatic carbocycles. The van der Waals surface area contributed by atoms with Crippen LogP contribution in [0.5, 0.6) is 0 Å². The van der Waals surface area contributed by atoms with Crippen molar-refractivity contribution in [3.63, 3.8) is 0 Å². The summed E-state index contributed by atoms with van der Waals surface area (Å²) in [6.07, 6.45) is 3.17. The molecule has 0 amide bonds. The van der Waals surface area contributed by atoms with Gasteiger partial charge in [-0.3, -0.25) is 0 Å². The minimum absolute atomic E-state index is 0.107. The van der Waals surface area contributed by atoms with Gasteiger partial charge in [0.1, 0.15) is 0 Å². The lowest BCUT2D eigenvalue weighted by molar-refractivity contribution is 0.0271. The summed E-state index contributed by atoms with van der Waals surface area (Å²) >= 11 is 0. The summed E-state index contributed by atoms with van der Waals surface area (Å²) < 4.78 is 5.35. The molecule has 2 rings (SSSR count). The van der Waals surface area contributed by atoms with Crippen molar-refractivity contribution in [2.45, 2.75) is 24.8 Å². The second-order valence-electron chi connectivity index (χ2n) is 3.93. The summed E-state index contributed by atoms with van der Waals surface area (Å²) in [5, 5.41) is 9.00. The molecule has 0 aromatic rings. The molecule has 3 heteroatoms. The van der Waals surface area contributed by atoms with E-state index in [9.17, 15) is 0 Å². The summed E-state index contributed by atoms with van der Waals surface area (Å²) in [6.45, 7) is 1.73. The molecule has 3 N–H and O–H groups in total. The summed E-state index contributed by atoms with van der Waals surface area (Å²) in [6, 6.07) is 0. The van der Waals surface area contributed by atoms with E-state index >= 15 is 0 Å². The van der Waals surface area contributed by atoms with Crippen molar-refractivity contribution in [1.82, 2.24) is 0 Å². The maximum Gasteiger partial charge on any atom is 0.0617 e. The van der Waals surface area contributed by atoms with Crippen molar-refractivity contribution in [1.29, 1.82) is 0 Å². The summed E-state index contributed by atoms with van der Waals surface area (Å²) in [7, 11) is 0. The Morgan fingerprint density at radius 2 is 2.36 bits per heavy atom. The van der Waals surface area contributed by atoms with Gasteiger partial charge in [0.2, 0.25) is 0 Å². The van der Waals surface area contributed by atoms with Gasteiger partial charge in [0.05, 0.1) is 13.2 Å². The van der Waals surface area contributed by atoms with Gasteiger partial charge in [0.15, 0.2) is 0 Å². The first kappa shape index (κ1) is 7.53. The predicted molar refractivity (Wildman–Crippen MR) is 41.1 cm³/mol. The fraction of sp³-hybridized carbons (Fsp3) is 1.00. The lowest BCUT2D eigenvalue weighted by Gasteiger charge is -2.25. The van der Waals surface area contributed by atoms with E-state index < -0.39 is 0 Å². The van der Waals surface area contributed by atoms with Crippen molar-refractivity contribution in [2.75, 3.05) is 19.8 Å². The number of aliphatic hydroxyl groups excluding tert-OH is 1. The van der Waals surface area contributed by atoms with Gasteiger partial charge in [-0.15, -0.1) is 0 Å². The van der Waals surface area contributed by atoms with Gasteiger partial charge in [0.25, 0.3) is 0 Å². The molecule has 0 radical (unpaired) electrons. The SMILES string of the molecule is NC1(CO)CC12CCCOC2. The number of ether oxygens (including phenoxy) is 1. The topological polar surface area (TPSA) is 55.5 Å². The minimum Gasteiger partial charge on any atom is -0.394 e. The van der Waals surface area contributed by atoms with Crippen LogP contribution in [0.2, 0.25) is 0 Å². The van der Waals surface area contributed by atoms with Crippen molar-refractivity contribution in [3.8, 4) is 0 Å². The number of hydrogen-bond acceptors (Lipinski definition) is 3. The van der Waals surface area contributed by atoms with Crippen LogP contribution in [-0.2, 0) is 4.74 Å². The molecule has 1 spiro atoms. The van der Waals surface area contributed by atoms with Crippen LogP contribution in [-0.4, -0.2) is 30.5 Å². The molecule has 11 heavy (non-hydrogen) atoms. The third-order valence-corrected chi connectivity index (χ3v) is 3.19. The highest BCUT2D eigenvalue weighted by molar-refractivity contribution is 5.19. The Morgan fingerprint density at radius 3 is 2.82 bits per heavy atom. The molecule has 1 aliphatic heterocycles. The fourth-order valence-electron chi connectivity index (χ4n) is 2.17. The van der Waals surface area contributed by atoms with Crippen molar-refractivity contribution < 1.29 is 9.84 Å². The van der Waals surface area contributed by atoms with Crippen molar-refractivity contribution >= 4 is 0 Å². The molecule has 2 aliphatic rings. The van der Waals surface area contributed by atoms with E-state index in [1.54, 1.807) is 0 Å². The smallest absolute Gasteiger partial charge is 0.0617 e. The Morgan fingerprint density at radius 1 is 1.55 bits per heavy atom. The molecule has 2 atom stereocenters. The Hall–Kier alpha value is -0.120. The fourth-order valence-corrected chi connectivity index (χ4v) is 2.17. The number of hydrogen-bond donors (Lipinski definition) is 2. The standard InChI is InChI=1S/C8H15NO2/c9-8(5-10)4-7(8)2-1-3-11-6-7/h10H,1-6,9H2. The molecule has 0 aromatic heterocycles. The average Bonchev–Trinajstić information content (AvgIpc) is 2.59. The van der Waals surface area contributed by atoms with Crippen LogP contribution in [0.4, 0.5) is 0 Å². The maximum atomic E-state index is 9.00. The van der Waals surface area contributed by atoms with E-state index in [-0.39, 0.29) is 17.6 Å². The van der Waals surface area contributed by atoms with Gasteiger partial charge in [-0.2, -0.15) is 0 Å². The van der Waals surface area contributed by atoms with Crippen molar-refractivity contribution in [3.05, 3.63) is 0 Å². The van der Waals surface area contributed by atoms with Crippen LogP contribution in [0.1, 0.15) is 19.3 Å². The van der Waals surface area contributed by atoms with E-state index in [0.29, 0.717) is 0 Å². The second-order valence-corrected chi connectivity index (χ2v) is 3.93. The summed E-state index contributed by atoms with van der Waals surface area (Å²) in [5.74, 6) is 0. The van der Waals surface area contributed by atoms with Crippen LogP contribution in [0.25, 0.3) is 0 Å². The van der Waals surface area contributed by atoms with E-state index in [2.05, 4.69) is 0 Å². The normalized spacial score (nSPS) is 49.6. The van der Waals surface area contributed by atoms with Crippen LogP contribution >= 0.6 is 0 Å². The van der Waals surface area contributed by atoms with Crippen LogP contribution in [0.3, 0.4) is 0 Å². The van der Waals surface area contributed by atoms with Gasteiger partial charge in [-0.05, 0) is 19.3 Å². The van der Waals surface area contributed by atoms with Gasteiger partial charge >= 0.3 is 0 Å². The molecular weight excluding hydrogens is 142 g/mol. The van der Waals surface area contributed by atoms with Gasteiger partial charge in [-0.1, -0.05) is 0 Å². The van der Waals surface area contributed by atoms with Gasteiger partial charge in [-0.25, -0.2) is 0 Å². The molecule has 1 saturated heterocycles. The zero-order chi connectivity index (χ0) is 7.95. The molecule has 2 unspecified atom stereocenters. The molecule has 0 bridgehead atoms. The van der Waals surface area contributed by atoms with E-state index in [0.717, 1.165) is 32.5 Å².